The summed E-state index contributed by atoms with van der Waals surface area (Å²) < 4.78 is 14.7. The molecule has 0 unspecified atom stereocenters. The number of aromatic nitrogens is 5. The van der Waals surface area contributed by atoms with Crippen molar-refractivity contribution in [2.75, 3.05) is 13.1 Å². The fourth-order valence-electron chi connectivity index (χ4n) is 4.08. The monoisotopic (exact) mass is 466 g/mol. The molecule has 4 aromatic rings. The molecule has 33 heavy (non-hydrogen) atoms. The van der Waals surface area contributed by atoms with Gasteiger partial charge in [0, 0.05) is 29.6 Å². The van der Waals surface area contributed by atoms with Crippen LogP contribution in [-0.2, 0) is 6.54 Å². The van der Waals surface area contributed by atoms with Crippen molar-refractivity contribution >= 4 is 28.7 Å². The number of benzene rings is 2. The van der Waals surface area contributed by atoms with Gasteiger partial charge in [0.1, 0.15) is 11.6 Å². The molecule has 1 aliphatic heterocycles. The molecule has 0 atom stereocenters. The van der Waals surface area contributed by atoms with E-state index in [0.29, 0.717) is 54.5 Å². The van der Waals surface area contributed by atoms with Gasteiger partial charge in [-0.1, -0.05) is 28.9 Å². The third-order valence-corrected chi connectivity index (χ3v) is 6.15. The molecular weight excluding hydrogens is 447 g/mol. The molecule has 10 heteroatoms. The molecule has 1 saturated heterocycles. The van der Waals surface area contributed by atoms with E-state index in [9.17, 15) is 14.0 Å². The number of carbonyl (C=O) groups is 1. The Morgan fingerprint density at radius 3 is 2.48 bits per heavy atom. The van der Waals surface area contributed by atoms with Gasteiger partial charge in [0.05, 0.1) is 6.54 Å². The smallest absolute Gasteiger partial charge is 0.281 e. The first kappa shape index (κ1) is 21.3. The number of halogens is 2. The number of fused-ring (bicyclic) bond motifs is 1. The first-order valence-corrected chi connectivity index (χ1v) is 11.0. The van der Waals surface area contributed by atoms with E-state index in [1.807, 2.05) is 0 Å². The van der Waals surface area contributed by atoms with Crippen LogP contribution < -0.4 is 5.56 Å². The highest BCUT2D eigenvalue weighted by atomic mass is 35.5. The van der Waals surface area contributed by atoms with Gasteiger partial charge in [-0.3, -0.25) is 9.59 Å². The highest BCUT2D eigenvalue weighted by Gasteiger charge is 2.27. The van der Waals surface area contributed by atoms with Gasteiger partial charge in [0.15, 0.2) is 11.2 Å². The molecule has 5 rings (SSSR count). The van der Waals surface area contributed by atoms with Crippen molar-refractivity contribution in [3.05, 3.63) is 86.7 Å². The van der Waals surface area contributed by atoms with Gasteiger partial charge in [0.25, 0.3) is 11.5 Å². The van der Waals surface area contributed by atoms with Crippen molar-refractivity contribution in [3.63, 3.8) is 0 Å². The maximum atomic E-state index is 13.2. The van der Waals surface area contributed by atoms with Crippen LogP contribution in [0.5, 0.6) is 0 Å². The van der Waals surface area contributed by atoms with Crippen molar-refractivity contribution in [2.45, 2.75) is 25.3 Å². The summed E-state index contributed by atoms with van der Waals surface area (Å²) in [4.78, 5) is 34.7. The van der Waals surface area contributed by atoms with Crippen LogP contribution in [0.4, 0.5) is 4.39 Å². The van der Waals surface area contributed by atoms with Gasteiger partial charge in [-0.25, -0.2) is 14.1 Å². The van der Waals surface area contributed by atoms with Crippen molar-refractivity contribution in [3.8, 4) is 0 Å². The Morgan fingerprint density at radius 1 is 1.09 bits per heavy atom. The Balaban J connectivity index is 1.34. The number of likely N-dealkylation sites (tertiary alicyclic amines) is 1. The number of hydrogen-bond acceptors (Lipinski definition) is 5. The van der Waals surface area contributed by atoms with Gasteiger partial charge >= 0.3 is 0 Å². The zero-order valence-electron chi connectivity index (χ0n) is 17.5. The first-order chi connectivity index (χ1) is 16.0. The second-order valence-electron chi connectivity index (χ2n) is 8.07. The van der Waals surface area contributed by atoms with E-state index < -0.39 is 0 Å². The van der Waals surface area contributed by atoms with Crippen molar-refractivity contribution in [1.29, 1.82) is 0 Å². The van der Waals surface area contributed by atoms with Crippen LogP contribution in [0.15, 0.2) is 53.3 Å². The van der Waals surface area contributed by atoms with E-state index in [1.54, 1.807) is 46.0 Å². The van der Waals surface area contributed by atoms with Crippen molar-refractivity contribution in [2.24, 2.45) is 0 Å². The number of amides is 1. The number of hydrogen-bond donors (Lipinski definition) is 1. The molecule has 3 heterocycles. The highest BCUT2D eigenvalue weighted by Crippen LogP contribution is 2.27. The average molecular weight is 467 g/mol. The highest BCUT2D eigenvalue weighted by molar-refractivity contribution is 6.30. The van der Waals surface area contributed by atoms with E-state index in [4.69, 9.17) is 11.6 Å². The fourth-order valence-corrected chi connectivity index (χ4v) is 4.20. The zero-order valence-corrected chi connectivity index (χ0v) is 18.3. The average Bonchev–Trinajstić information content (AvgIpc) is 3.24. The number of nitrogens with one attached hydrogen (secondary N) is 1. The van der Waals surface area contributed by atoms with E-state index >= 15 is 0 Å². The van der Waals surface area contributed by atoms with Gasteiger partial charge < -0.3 is 9.88 Å². The summed E-state index contributed by atoms with van der Waals surface area (Å²) in [5, 5.41) is 8.61. The van der Waals surface area contributed by atoms with Gasteiger partial charge in [-0.05, 0) is 54.8 Å². The summed E-state index contributed by atoms with van der Waals surface area (Å²) >= 11 is 5.91. The van der Waals surface area contributed by atoms with Gasteiger partial charge in [-0.15, -0.1) is 5.10 Å². The van der Waals surface area contributed by atoms with Gasteiger partial charge in [0.2, 0.25) is 0 Å². The molecule has 0 saturated carbocycles. The number of H-pyrrole nitrogens is 1. The van der Waals surface area contributed by atoms with Crippen LogP contribution in [0.25, 0.3) is 11.2 Å². The zero-order chi connectivity index (χ0) is 22.9. The predicted molar refractivity (Wildman–Crippen MR) is 121 cm³/mol. The van der Waals surface area contributed by atoms with E-state index in [2.05, 4.69) is 20.3 Å². The van der Waals surface area contributed by atoms with Crippen LogP contribution in [0.1, 0.15) is 40.5 Å². The Labute approximate surface area is 193 Å². The number of carbonyl (C=O) groups excluding carboxylic acids is 1. The second kappa shape index (κ2) is 8.74. The summed E-state index contributed by atoms with van der Waals surface area (Å²) in [5.41, 5.74) is 1.62. The standard InChI is InChI=1S/C23H20ClFN6O2/c24-17-5-3-16(4-6-17)23(33)30-11-9-15(10-12-30)20-26-21-19(22(32)27-20)28-29-31(21)13-14-1-7-18(25)8-2-14/h1-8,15H,9-13H2,(H,26,27,32). The van der Waals surface area contributed by atoms with Crippen molar-refractivity contribution in [1.82, 2.24) is 29.9 Å². The topological polar surface area (TPSA) is 96.8 Å². The molecule has 0 spiro atoms. The van der Waals surface area contributed by atoms with Crippen LogP contribution in [0.2, 0.25) is 5.02 Å². The lowest BCUT2D eigenvalue weighted by molar-refractivity contribution is 0.0711. The molecule has 168 valence electrons. The molecule has 0 radical (unpaired) electrons. The van der Waals surface area contributed by atoms with Crippen LogP contribution in [-0.4, -0.2) is 48.9 Å². The van der Waals surface area contributed by atoms with Gasteiger partial charge in [-0.2, -0.15) is 0 Å². The molecule has 2 aromatic heterocycles. The molecule has 8 nitrogen and oxygen atoms in total. The molecule has 0 bridgehead atoms. The normalized spacial score (nSPS) is 14.7. The molecular formula is C23H20ClFN6O2. The van der Waals surface area contributed by atoms with E-state index in [1.165, 1.54) is 12.1 Å². The SMILES string of the molecule is O=C(c1ccc(Cl)cc1)N1CCC(c2nc3c(nnn3Cc3ccc(F)cc3)c(=O)[nH]2)CC1. The minimum absolute atomic E-state index is 0.00513. The summed E-state index contributed by atoms with van der Waals surface area (Å²) in [6, 6.07) is 12.9. The van der Waals surface area contributed by atoms with Crippen LogP contribution in [0.3, 0.4) is 0 Å². The maximum absolute atomic E-state index is 13.2. The predicted octanol–water partition coefficient (Wildman–Crippen LogP) is 3.38. The largest absolute Gasteiger partial charge is 0.339 e. The molecule has 1 aliphatic rings. The second-order valence-corrected chi connectivity index (χ2v) is 8.51. The third kappa shape index (κ3) is 4.36. The van der Waals surface area contributed by atoms with E-state index in [0.717, 1.165) is 5.56 Å². The molecule has 0 aliphatic carbocycles. The van der Waals surface area contributed by atoms with Crippen LogP contribution >= 0.6 is 11.6 Å². The van der Waals surface area contributed by atoms with Crippen molar-refractivity contribution < 1.29 is 9.18 Å². The fraction of sp³-hybridized carbons (Fsp3) is 0.261. The number of aromatic amines is 1. The molecule has 1 amide bonds. The summed E-state index contributed by atoms with van der Waals surface area (Å²) in [6.45, 7) is 1.43. The Morgan fingerprint density at radius 2 is 1.79 bits per heavy atom. The third-order valence-electron chi connectivity index (χ3n) is 5.90. The summed E-state index contributed by atoms with van der Waals surface area (Å²) in [7, 11) is 0. The molecule has 2 aromatic carbocycles. The number of piperidine rings is 1. The lowest BCUT2D eigenvalue weighted by Crippen LogP contribution is -2.38. The Hall–Kier alpha value is -3.59. The minimum Gasteiger partial charge on any atom is -0.339 e. The van der Waals surface area contributed by atoms with E-state index in [-0.39, 0.29) is 28.7 Å². The maximum Gasteiger partial charge on any atom is 0.281 e. The summed E-state index contributed by atoms with van der Waals surface area (Å²) in [6.07, 6.45) is 1.35. The van der Waals surface area contributed by atoms with Crippen LogP contribution in [0, 0.1) is 5.82 Å². The minimum atomic E-state index is -0.347. The molecule has 1 fully saturated rings. The first-order valence-electron chi connectivity index (χ1n) is 10.6. The lowest BCUT2D eigenvalue weighted by atomic mass is 9.95. The Kier molecular flexibility index (Phi) is 5.63. The lowest BCUT2D eigenvalue weighted by Gasteiger charge is -2.31. The molecule has 1 N–H and O–H groups in total. The summed E-state index contributed by atoms with van der Waals surface area (Å²) in [5.74, 6) is 0.211. The number of nitrogens with zero attached hydrogens (tertiary/aromatic N) is 5. The number of rotatable bonds is 4. The Bertz CT molecular complexity index is 1360. The quantitative estimate of drug-likeness (QED) is 0.497.